The molecule has 0 radical (unpaired) electrons. The van der Waals surface area contributed by atoms with Gasteiger partial charge in [-0.25, -0.2) is 9.98 Å². The fourth-order valence-electron chi connectivity index (χ4n) is 2.24. The van der Waals surface area contributed by atoms with E-state index in [2.05, 4.69) is 28.4 Å². The summed E-state index contributed by atoms with van der Waals surface area (Å²) in [6.07, 6.45) is 4.11. The zero-order chi connectivity index (χ0) is 16.3. The Morgan fingerprint density at radius 3 is 3.09 bits per heavy atom. The summed E-state index contributed by atoms with van der Waals surface area (Å²) in [5, 5.41) is 1.13. The smallest absolute Gasteiger partial charge is 0.321 e. The molecule has 2 atom stereocenters. The van der Waals surface area contributed by atoms with E-state index in [1.54, 1.807) is 24.0 Å². The van der Waals surface area contributed by atoms with Gasteiger partial charge in [-0.15, -0.1) is 0 Å². The highest BCUT2D eigenvalue weighted by molar-refractivity contribution is 8.06. The molecule has 0 aliphatic carbocycles. The molecule has 1 saturated heterocycles. The lowest BCUT2D eigenvalue weighted by Gasteiger charge is -2.16. The van der Waals surface area contributed by atoms with Gasteiger partial charge in [-0.05, 0) is 31.6 Å². The lowest BCUT2D eigenvalue weighted by atomic mass is 10.2. The maximum absolute atomic E-state index is 9.07. The van der Waals surface area contributed by atoms with Crippen molar-refractivity contribution in [1.29, 1.82) is 0 Å². The van der Waals surface area contributed by atoms with E-state index in [-0.39, 0.29) is 18.9 Å². The number of hydrogen-bond acceptors (Lipinski definition) is 6. The van der Waals surface area contributed by atoms with Crippen molar-refractivity contribution < 1.29 is 19.0 Å². The molecule has 1 fully saturated rings. The first kappa shape index (κ1) is 17.3. The molecule has 2 unspecified atom stereocenters. The molecular weight excluding hydrogens is 327 g/mol. The molecule has 8 nitrogen and oxygen atoms in total. The second kappa shape index (κ2) is 6.99. The fraction of sp³-hybridized carbons (Fsp3) is 0.500. The lowest BCUT2D eigenvalue weighted by molar-refractivity contribution is -0.0207. The summed E-state index contributed by atoms with van der Waals surface area (Å²) < 4.78 is 12.4. The van der Waals surface area contributed by atoms with Gasteiger partial charge < -0.3 is 29.3 Å². The minimum Gasteiger partial charge on any atom is -0.382 e. The van der Waals surface area contributed by atoms with Crippen LogP contribution in [0.15, 0.2) is 11.3 Å². The largest absolute Gasteiger partial charge is 0.382 e. The predicted molar refractivity (Wildman–Crippen MR) is 86.6 cm³/mol. The molecule has 0 bridgehead atoms. The summed E-state index contributed by atoms with van der Waals surface area (Å²) in [5.41, 5.74) is 5.82. The third kappa shape index (κ3) is 4.22. The molecule has 0 spiro atoms. The zero-order valence-electron chi connectivity index (χ0n) is 12.1. The van der Waals surface area contributed by atoms with E-state index in [0.29, 0.717) is 22.9 Å². The van der Waals surface area contributed by atoms with E-state index in [0.717, 1.165) is 6.42 Å². The quantitative estimate of drug-likeness (QED) is 0.477. The van der Waals surface area contributed by atoms with Gasteiger partial charge in [-0.1, -0.05) is 6.58 Å². The summed E-state index contributed by atoms with van der Waals surface area (Å²) >= 11 is 4.41. The van der Waals surface area contributed by atoms with Crippen LogP contribution in [0.25, 0.3) is 12.4 Å². The Labute approximate surface area is 132 Å². The standard InChI is InChI=1S/C12H19N4O4PS/c1-3-14-12(13)11-8(2)16(7-15-11)10-5-4-9(20-10)6-19-21(17,18)22/h3,7,9-10H,2,4-6,13H2,1H3,(H2,17,18,22)/b12-11+,14-3?. The number of rotatable bonds is 5. The van der Waals surface area contributed by atoms with Crippen LogP contribution in [0.4, 0.5) is 0 Å². The van der Waals surface area contributed by atoms with E-state index in [9.17, 15) is 0 Å². The van der Waals surface area contributed by atoms with E-state index < -0.39 is 6.72 Å². The van der Waals surface area contributed by atoms with E-state index in [1.165, 1.54) is 0 Å². The zero-order valence-corrected chi connectivity index (χ0v) is 13.8. The molecule has 1 aliphatic heterocycles. The van der Waals surface area contributed by atoms with Gasteiger partial charge in [0.15, 0.2) is 5.82 Å². The second-order valence-electron chi connectivity index (χ2n) is 4.80. The van der Waals surface area contributed by atoms with Gasteiger partial charge in [0.2, 0.25) is 0 Å². The molecule has 2 rings (SSSR count). The minimum atomic E-state index is -3.65. The maximum Gasteiger partial charge on any atom is 0.321 e. The minimum absolute atomic E-state index is 0.0448. The van der Waals surface area contributed by atoms with Crippen molar-refractivity contribution in [3.8, 4) is 0 Å². The first-order valence-electron chi connectivity index (χ1n) is 6.67. The third-order valence-electron chi connectivity index (χ3n) is 3.23. The molecule has 1 aromatic heterocycles. The lowest BCUT2D eigenvalue weighted by Crippen LogP contribution is -2.34. The van der Waals surface area contributed by atoms with Gasteiger partial charge in [0.25, 0.3) is 0 Å². The van der Waals surface area contributed by atoms with E-state index in [4.69, 9.17) is 24.8 Å². The van der Waals surface area contributed by atoms with Gasteiger partial charge >= 0.3 is 6.72 Å². The summed E-state index contributed by atoms with van der Waals surface area (Å²) in [6, 6.07) is 0. The second-order valence-corrected chi connectivity index (χ2v) is 7.46. The van der Waals surface area contributed by atoms with E-state index in [1.807, 2.05) is 0 Å². The number of ether oxygens (including phenoxy) is 1. The molecule has 10 heteroatoms. The number of hydrogen-bond donors (Lipinski definition) is 3. The van der Waals surface area contributed by atoms with Gasteiger partial charge in [0.1, 0.15) is 11.6 Å². The predicted octanol–water partition coefficient (Wildman–Crippen LogP) is -0.688. The van der Waals surface area contributed by atoms with Crippen molar-refractivity contribution >= 4 is 37.1 Å². The Morgan fingerprint density at radius 2 is 2.45 bits per heavy atom. The number of aliphatic imine (C=N–C) groups is 1. The molecule has 122 valence electrons. The molecule has 0 amide bonds. The highest BCUT2D eigenvalue weighted by Crippen LogP contribution is 2.38. The van der Waals surface area contributed by atoms with Crippen LogP contribution in [0, 0.1) is 0 Å². The van der Waals surface area contributed by atoms with Crippen LogP contribution in [0.5, 0.6) is 0 Å². The normalized spacial score (nSPS) is 24.1. The van der Waals surface area contributed by atoms with Crippen molar-refractivity contribution in [2.45, 2.75) is 32.1 Å². The summed E-state index contributed by atoms with van der Waals surface area (Å²) in [7, 11) is 0. The molecule has 0 aromatic carbocycles. The Kier molecular flexibility index (Phi) is 5.49. The first-order chi connectivity index (χ1) is 10.3. The number of nitrogens with two attached hydrogens (primary N) is 1. The van der Waals surface area contributed by atoms with Crippen LogP contribution < -0.4 is 16.4 Å². The van der Waals surface area contributed by atoms with Crippen LogP contribution in [-0.4, -0.2) is 38.3 Å². The monoisotopic (exact) mass is 346 g/mol. The highest BCUT2D eigenvalue weighted by Gasteiger charge is 2.28. The maximum atomic E-state index is 9.07. The van der Waals surface area contributed by atoms with Crippen molar-refractivity contribution in [1.82, 2.24) is 9.55 Å². The highest BCUT2D eigenvalue weighted by atomic mass is 32.5. The van der Waals surface area contributed by atoms with Gasteiger partial charge in [0, 0.05) is 6.21 Å². The molecule has 0 saturated carbocycles. The topological polar surface area (TPSA) is 115 Å². The van der Waals surface area contributed by atoms with Crippen LogP contribution in [0.3, 0.4) is 0 Å². The summed E-state index contributed by atoms with van der Waals surface area (Å²) in [6.45, 7) is 2.12. The molecule has 1 aliphatic rings. The van der Waals surface area contributed by atoms with Crippen molar-refractivity contribution in [2.75, 3.05) is 6.61 Å². The van der Waals surface area contributed by atoms with Gasteiger partial charge in [-0.3, -0.25) is 0 Å². The Bertz CT molecular complexity index is 713. The van der Waals surface area contributed by atoms with Gasteiger partial charge in [-0.2, -0.15) is 0 Å². The molecule has 4 N–H and O–H groups in total. The Morgan fingerprint density at radius 1 is 1.73 bits per heavy atom. The number of nitrogens with zero attached hydrogens (tertiary/aromatic N) is 3. The fourth-order valence-corrected chi connectivity index (χ4v) is 2.79. The molecule has 2 heterocycles. The van der Waals surface area contributed by atoms with Crippen LogP contribution in [0.1, 0.15) is 26.0 Å². The molecular formula is C12H19N4O4PS. The number of aromatic nitrogens is 2. The van der Waals surface area contributed by atoms with Crippen LogP contribution in [-0.2, 0) is 21.1 Å². The Hall–Kier alpha value is -1.09. The Balaban J connectivity index is 2.11. The van der Waals surface area contributed by atoms with E-state index >= 15 is 0 Å². The molecule has 1 aromatic rings. The van der Waals surface area contributed by atoms with Gasteiger partial charge in [0.05, 0.1) is 24.4 Å². The van der Waals surface area contributed by atoms with Crippen LogP contribution >= 0.6 is 6.72 Å². The number of imidazole rings is 1. The molecule has 22 heavy (non-hydrogen) atoms. The average Bonchev–Trinajstić information content (AvgIpc) is 3.02. The van der Waals surface area contributed by atoms with Crippen molar-refractivity contribution in [3.63, 3.8) is 0 Å². The van der Waals surface area contributed by atoms with Crippen molar-refractivity contribution in [2.24, 2.45) is 10.7 Å². The third-order valence-corrected chi connectivity index (χ3v) is 4.03. The average molecular weight is 346 g/mol. The van der Waals surface area contributed by atoms with Crippen molar-refractivity contribution in [3.05, 3.63) is 17.0 Å². The first-order valence-corrected chi connectivity index (χ1v) is 9.30. The summed E-state index contributed by atoms with van der Waals surface area (Å²) in [5.74, 6) is 0.297. The SMILES string of the molecule is C=c1/c(=C(/N)N=CC)ncn1C1CCC(COP(O)(O)=S)O1. The van der Waals surface area contributed by atoms with Crippen LogP contribution in [0.2, 0.25) is 0 Å². The summed E-state index contributed by atoms with van der Waals surface area (Å²) in [4.78, 5) is 26.3.